The summed E-state index contributed by atoms with van der Waals surface area (Å²) in [6, 6.07) is 12.2. The number of aryl methyl sites for hydroxylation is 1. The highest BCUT2D eigenvalue weighted by molar-refractivity contribution is 6.31. The molecule has 0 radical (unpaired) electrons. The van der Waals surface area contributed by atoms with E-state index in [1.54, 1.807) is 36.4 Å². The first-order chi connectivity index (χ1) is 9.54. The Hall–Kier alpha value is -2.20. The highest BCUT2D eigenvalue weighted by atomic mass is 35.5. The average Bonchev–Trinajstić information content (AvgIpc) is 2.41. The number of nitrogens with one attached hydrogen (secondary N) is 1. The molecule has 4 nitrogen and oxygen atoms in total. The second kappa shape index (κ2) is 6.30. The van der Waals surface area contributed by atoms with E-state index in [0.29, 0.717) is 22.1 Å². The molecule has 0 spiro atoms. The van der Waals surface area contributed by atoms with Gasteiger partial charge in [-0.2, -0.15) is 0 Å². The van der Waals surface area contributed by atoms with Crippen molar-refractivity contribution in [2.24, 2.45) is 0 Å². The molecule has 0 aliphatic carbocycles. The van der Waals surface area contributed by atoms with Crippen LogP contribution in [-0.4, -0.2) is 12.5 Å². The number of anilines is 2. The summed E-state index contributed by atoms with van der Waals surface area (Å²) in [7, 11) is 0. The van der Waals surface area contributed by atoms with Crippen LogP contribution in [0.2, 0.25) is 5.02 Å². The molecule has 0 heterocycles. The second-order valence-electron chi connectivity index (χ2n) is 4.37. The molecule has 3 N–H and O–H groups in total. The highest BCUT2D eigenvalue weighted by Gasteiger charge is 2.06. The van der Waals surface area contributed by atoms with Gasteiger partial charge >= 0.3 is 0 Å². The van der Waals surface area contributed by atoms with Crippen LogP contribution in [0.5, 0.6) is 5.75 Å². The fourth-order valence-corrected chi connectivity index (χ4v) is 1.84. The average molecular weight is 291 g/mol. The van der Waals surface area contributed by atoms with Crippen LogP contribution >= 0.6 is 11.6 Å². The molecule has 0 aliphatic heterocycles. The summed E-state index contributed by atoms with van der Waals surface area (Å²) < 4.78 is 5.37. The lowest BCUT2D eigenvalue weighted by molar-refractivity contribution is -0.118. The fraction of sp³-hybridized carbons (Fsp3) is 0.133. The quantitative estimate of drug-likeness (QED) is 0.850. The van der Waals surface area contributed by atoms with Gasteiger partial charge in [0.05, 0.1) is 0 Å². The van der Waals surface area contributed by atoms with Gasteiger partial charge in [0.25, 0.3) is 5.91 Å². The minimum atomic E-state index is -0.252. The van der Waals surface area contributed by atoms with E-state index in [2.05, 4.69) is 5.32 Å². The number of nitrogen functional groups attached to an aromatic ring is 1. The van der Waals surface area contributed by atoms with Crippen LogP contribution in [0.1, 0.15) is 5.56 Å². The molecule has 0 fully saturated rings. The summed E-state index contributed by atoms with van der Waals surface area (Å²) in [5.41, 5.74) is 7.84. The van der Waals surface area contributed by atoms with Gasteiger partial charge in [-0.25, -0.2) is 0 Å². The third kappa shape index (κ3) is 3.90. The number of hydrogen-bond acceptors (Lipinski definition) is 3. The summed E-state index contributed by atoms with van der Waals surface area (Å²) in [6.45, 7) is 1.81. The van der Waals surface area contributed by atoms with Crippen molar-refractivity contribution in [1.29, 1.82) is 0 Å². The fourth-order valence-electron chi connectivity index (χ4n) is 1.67. The van der Waals surface area contributed by atoms with Crippen LogP contribution in [0, 0.1) is 6.92 Å². The van der Waals surface area contributed by atoms with Gasteiger partial charge in [0.2, 0.25) is 0 Å². The van der Waals surface area contributed by atoms with Gasteiger partial charge in [-0.3, -0.25) is 4.79 Å². The van der Waals surface area contributed by atoms with Gasteiger partial charge in [0, 0.05) is 22.5 Å². The number of nitrogens with two attached hydrogens (primary N) is 1. The van der Waals surface area contributed by atoms with E-state index in [9.17, 15) is 4.79 Å². The summed E-state index contributed by atoms with van der Waals surface area (Å²) >= 11 is 5.89. The minimum Gasteiger partial charge on any atom is -0.484 e. The summed E-state index contributed by atoms with van der Waals surface area (Å²) in [5.74, 6) is 0.306. The number of carbonyl (C=O) groups is 1. The van der Waals surface area contributed by atoms with Crippen LogP contribution < -0.4 is 15.8 Å². The summed E-state index contributed by atoms with van der Waals surface area (Å²) in [5, 5.41) is 3.33. The first-order valence-electron chi connectivity index (χ1n) is 6.09. The molecule has 0 unspecified atom stereocenters. The van der Waals surface area contributed by atoms with Crippen LogP contribution in [0.3, 0.4) is 0 Å². The second-order valence-corrected chi connectivity index (χ2v) is 4.81. The molecule has 20 heavy (non-hydrogen) atoms. The van der Waals surface area contributed by atoms with E-state index >= 15 is 0 Å². The van der Waals surface area contributed by atoms with Gasteiger partial charge in [-0.15, -0.1) is 0 Å². The highest BCUT2D eigenvalue weighted by Crippen LogP contribution is 2.20. The van der Waals surface area contributed by atoms with E-state index in [-0.39, 0.29) is 12.5 Å². The molecule has 0 atom stereocenters. The third-order valence-electron chi connectivity index (χ3n) is 2.70. The van der Waals surface area contributed by atoms with Crippen LogP contribution in [0.25, 0.3) is 0 Å². The molecule has 104 valence electrons. The van der Waals surface area contributed by atoms with Gasteiger partial charge in [-0.05, 0) is 36.8 Å². The van der Waals surface area contributed by atoms with E-state index in [0.717, 1.165) is 5.56 Å². The Morgan fingerprint density at radius 2 is 2.10 bits per heavy atom. The van der Waals surface area contributed by atoms with E-state index < -0.39 is 0 Å². The number of hydrogen-bond donors (Lipinski definition) is 2. The molecular weight excluding hydrogens is 276 g/mol. The third-order valence-corrected chi connectivity index (χ3v) is 2.94. The molecule has 0 bridgehead atoms. The van der Waals surface area contributed by atoms with Crippen molar-refractivity contribution in [2.45, 2.75) is 6.92 Å². The molecule has 2 aromatic carbocycles. The maximum atomic E-state index is 11.8. The lowest BCUT2D eigenvalue weighted by Gasteiger charge is -2.10. The lowest BCUT2D eigenvalue weighted by atomic mass is 10.2. The summed E-state index contributed by atoms with van der Waals surface area (Å²) in [6.07, 6.45) is 0. The molecule has 0 saturated heterocycles. The predicted molar refractivity (Wildman–Crippen MR) is 81.2 cm³/mol. The molecule has 2 rings (SSSR count). The lowest BCUT2D eigenvalue weighted by Crippen LogP contribution is -2.20. The van der Waals surface area contributed by atoms with Crippen molar-refractivity contribution < 1.29 is 9.53 Å². The predicted octanol–water partition coefficient (Wildman–Crippen LogP) is 3.25. The monoisotopic (exact) mass is 290 g/mol. The standard InChI is InChI=1S/C15H15ClN2O2/c1-10-5-6-11(16)7-14(10)18-15(19)9-20-13-4-2-3-12(17)8-13/h2-8H,9,17H2,1H3,(H,18,19). The van der Waals surface area contributed by atoms with Gasteiger partial charge in [0.1, 0.15) is 5.75 Å². The Morgan fingerprint density at radius 3 is 2.85 bits per heavy atom. The molecular formula is C15H15ClN2O2. The number of carbonyl (C=O) groups excluding carboxylic acids is 1. The zero-order valence-electron chi connectivity index (χ0n) is 11.0. The Balaban J connectivity index is 1.94. The molecule has 0 aromatic heterocycles. The van der Waals surface area contributed by atoms with Crippen molar-refractivity contribution in [3.05, 3.63) is 53.1 Å². The molecule has 2 aromatic rings. The first kappa shape index (κ1) is 14.2. The molecule has 0 aliphatic rings. The zero-order valence-corrected chi connectivity index (χ0v) is 11.8. The Morgan fingerprint density at radius 1 is 1.30 bits per heavy atom. The van der Waals surface area contributed by atoms with E-state index in [1.165, 1.54) is 0 Å². The van der Waals surface area contributed by atoms with Crippen molar-refractivity contribution >= 4 is 28.9 Å². The number of rotatable bonds is 4. The maximum Gasteiger partial charge on any atom is 0.262 e. The van der Waals surface area contributed by atoms with Crippen molar-refractivity contribution in [1.82, 2.24) is 0 Å². The first-order valence-corrected chi connectivity index (χ1v) is 6.47. The number of halogens is 1. The molecule has 1 amide bonds. The largest absolute Gasteiger partial charge is 0.484 e. The Labute approximate surface area is 122 Å². The number of ether oxygens (including phenoxy) is 1. The summed E-state index contributed by atoms with van der Waals surface area (Å²) in [4.78, 5) is 11.8. The topological polar surface area (TPSA) is 64.3 Å². The SMILES string of the molecule is Cc1ccc(Cl)cc1NC(=O)COc1cccc(N)c1. The molecule has 5 heteroatoms. The maximum absolute atomic E-state index is 11.8. The number of benzene rings is 2. The van der Waals surface area contributed by atoms with Gasteiger partial charge in [-0.1, -0.05) is 23.7 Å². The minimum absolute atomic E-state index is 0.0879. The van der Waals surface area contributed by atoms with E-state index in [1.807, 2.05) is 13.0 Å². The number of amides is 1. The van der Waals surface area contributed by atoms with Crippen molar-refractivity contribution in [2.75, 3.05) is 17.7 Å². The Bertz CT molecular complexity index is 629. The smallest absolute Gasteiger partial charge is 0.262 e. The van der Waals surface area contributed by atoms with Crippen LogP contribution in [-0.2, 0) is 4.79 Å². The Kier molecular flexibility index (Phi) is 4.48. The zero-order chi connectivity index (χ0) is 14.5. The van der Waals surface area contributed by atoms with Crippen molar-refractivity contribution in [3.8, 4) is 5.75 Å². The van der Waals surface area contributed by atoms with E-state index in [4.69, 9.17) is 22.1 Å². The van der Waals surface area contributed by atoms with Crippen LogP contribution in [0.15, 0.2) is 42.5 Å². The molecule has 0 saturated carbocycles. The van der Waals surface area contributed by atoms with Gasteiger partial charge < -0.3 is 15.8 Å². The normalized spacial score (nSPS) is 10.1. The van der Waals surface area contributed by atoms with Crippen molar-refractivity contribution in [3.63, 3.8) is 0 Å². The van der Waals surface area contributed by atoms with Gasteiger partial charge in [0.15, 0.2) is 6.61 Å². The van der Waals surface area contributed by atoms with Crippen LogP contribution in [0.4, 0.5) is 11.4 Å².